The molecule has 168 valence electrons. The fourth-order valence-electron chi connectivity index (χ4n) is 3.58. The lowest BCUT2D eigenvalue weighted by Gasteiger charge is -2.17. The molecule has 1 aliphatic heterocycles. The number of aromatic nitrogens is 1. The summed E-state index contributed by atoms with van der Waals surface area (Å²) in [4.78, 5) is 17.2. The first kappa shape index (κ1) is 21.9. The van der Waals surface area contributed by atoms with Gasteiger partial charge in [0.1, 0.15) is 11.6 Å². The largest absolute Gasteiger partial charge is 0.435 e. The lowest BCUT2D eigenvalue weighted by Crippen LogP contribution is -2.30. The number of ether oxygens (including phenoxy) is 2. The summed E-state index contributed by atoms with van der Waals surface area (Å²) in [5, 5.41) is 17.6. The normalized spacial score (nSPS) is 16.8. The minimum absolute atomic E-state index is 0.00323. The quantitative estimate of drug-likeness (QED) is 0.494. The molecule has 1 saturated heterocycles. The molecule has 3 aromatic rings. The molecule has 1 fully saturated rings. The van der Waals surface area contributed by atoms with Crippen molar-refractivity contribution in [1.29, 1.82) is 0 Å². The number of hydrogen-bond donors (Lipinski definition) is 3. The van der Waals surface area contributed by atoms with E-state index in [9.17, 15) is 18.7 Å². The van der Waals surface area contributed by atoms with Crippen molar-refractivity contribution in [2.45, 2.75) is 25.1 Å². The minimum atomic E-state index is -2.92. The van der Waals surface area contributed by atoms with Gasteiger partial charge < -0.3 is 25.2 Å². The van der Waals surface area contributed by atoms with Gasteiger partial charge in [0.2, 0.25) is 0 Å². The van der Waals surface area contributed by atoms with Gasteiger partial charge in [-0.3, -0.25) is 4.79 Å². The molecule has 0 bridgehead atoms. The number of nitrogens with zero attached hydrogens (tertiary/aromatic N) is 1. The molecule has 0 saturated carbocycles. The number of aliphatic hydroxyl groups is 1. The lowest BCUT2D eigenvalue weighted by atomic mass is 10.1. The van der Waals surface area contributed by atoms with Crippen LogP contribution >= 0.6 is 0 Å². The number of nitrogens with one attached hydrogen (secondary N) is 2. The SMILES string of the molecule is O=C(N[C@H](CO)c1ccc(OC(F)F)cc1)c1ccc2cnc(NC3CCOC3)cc2c1. The van der Waals surface area contributed by atoms with Gasteiger partial charge in [0.05, 0.1) is 25.3 Å². The zero-order valence-electron chi connectivity index (χ0n) is 17.1. The third-order valence-electron chi connectivity index (χ3n) is 5.26. The van der Waals surface area contributed by atoms with Crippen LogP contribution in [0.4, 0.5) is 14.6 Å². The van der Waals surface area contributed by atoms with Gasteiger partial charge in [-0.2, -0.15) is 8.78 Å². The van der Waals surface area contributed by atoms with Gasteiger partial charge in [-0.25, -0.2) is 4.98 Å². The third-order valence-corrected chi connectivity index (χ3v) is 5.26. The second-order valence-corrected chi connectivity index (χ2v) is 7.49. The Kier molecular flexibility index (Phi) is 6.77. The summed E-state index contributed by atoms with van der Waals surface area (Å²) in [7, 11) is 0. The number of halogens is 2. The van der Waals surface area contributed by atoms with E-state index in [0.717, 1.165) is 23.8 Å². The van der Waals surface area contributed by atoms with Crippen LogP contribution < -0.4 is 15.4 Å². The van der Waals surface area contributed by atoms with E-state index < -0.39 is 12.7 Å². The van der Waals surface area contributed by atoms with Crippen LogP contribution in [0.5, 0.6) is 5.75 Å². The number of benzene rings is 2. The summed E-state index contributed by atoms with van der Waals surface area (Å²) < 4.78 is 34.3. The Morgan fingerprint density at radius 3 is 2.69 bits per heavy atom. The van der Waals surface area contributed by atoms with E-state index >= 15 is 0 Å². The van der Waals surface area contributed by atoms with Gasteiger partial charge in [-0.05, 0) is 47.7 Å². The van der Waals surface area contributed by atoms with Gasteiger partial charge in [0, 0.05) is 23.8 Å². The number of rotatable bonds is 8. The molecular formula is C23H23F2N3O4. The summed E-state index contributed by atoms with van der Waals surface area (Å²) in [6.07, 6.45) is 2.66. The minimum Gasteiger partial charge on any atom is -0.435 e. The van der Waals surface area contributed by atoms with Crippen molar-refractivity contribution in [3.8, 4) is 5.75 Å². The highest BCUT2D eigenvalue weighted by Gasteiger charge is 2.18. The Bertz CT molecular complexity index is 1070. The molecule has 2 aromatic carbocycles. The number of hydrogen-bond acceptors (Lipinski definition) is 6. The Balaban J connectivity index is 1.47. The highest BCUT2D eigenvalue weighted by molar-refractivity contribution is 5.99. The van der Waals surface area contributed by atoms with Crippen molar-refractivity contribution in [3.05, 3.63) is 65.9 Å². The summed E-state index contributed by atoms with van der Waals surface area (Å²) in [5.74, 6) is 0.350. The van der Waals surface area contributed by atoms with Gasteiger partial charge in [-0.1, -0.05) is 18.2 Å². The van der Waals surface area contributed by atoms with Crippen LogP contribution in [-0.2, 0) is 4.74 Å². The maximum Gasteiger partial charge on any atom is 0.387 e. The molecule has 1 amide bonds. The standard InChI is InChI=1S/C23H23F2N3O4/c24-23(25)32-19-5-3-14(4-6-19)20(12-29)28-22(30)15-1-2-16-11-26-21(10-17(16)9-15)27-18-7-8-31-13-18/h1-6,9-11,18,20,23,29H,7-8,12-13H2,(H,26,27)(H,28,30)/t18?,20-/m1/s1. The molecule has 7 nitrogen and oxygen atoms in total. The summed E-state index contributed by atoms with van der Waals surface area (Å²) in [6, 6.07) is 12.4. The molecule has 32 heavy (non-hydrogen) atoms. The maximum absolute atomic E-state index is 12.8. The lowest BCUT2D eigenvalue weighted by molar-refractivity contribution is -0.0498. The van der Waals surface area contributed by atoms with E-state index in [1.165, 1.54) is 24.3 Å². The number of pyridine rings is 1. The van der Waals surface area contributed by atoms with Crippen molar-refractivity contribution >= 4 is 22.5 Å². The third kappa shape index (κ3) is 5.30. The number of aliphatic hydroxyl groups excluding tert-OH is 1. The average molecular weight is 443 g/mol. The number of anilines is 1. The summed E-state index contributed by atoms with van der Waals surface area (Å²) in [5.41, 5.74) is 0.993. The van der Waals surface area contributed by atoms with E-state index in [0.29, 0.717) is 23.6 Å². The Labute approximate surface area is 183 Å². The zero-order valence-corrected chi connectivity index (χ0v) is 17.1. The molecule has 2 atom stereocenters. The van der Waals surface area contributed by atoms with Crippen molar-refractivity contribution in [1.82, 2.24) is 10.3 Å². The number of carbonyl (C=O) groups excluding carboxylic acids is 1. The number of amides is 1. The number of alkyl halides is 2. The fourth-order valence-corrected chi connectivity index (χ4v) is 3.58. The van der Waals surface area contributed by atoms with E-state index in [2.05, 4.69) is 20.4 Å². The maximum atomic E-state index is 12.8. The second-order valence-electron chi connectivity index (χ2n) is 7.49. The van der Waals surface area contributed by atoms with Crippen LogP contribution in [0.25, 0.3) is 10.8 Å². The summed E-state index contributed by atoms with van der Waals surface area (Å²) in [6.45, 7) is -1.90. The Hall–Kier alpha value is -3.30. The van der Waals surface area contributed by atoms with Crippen molar-refractivity contribution < 1.29 is 28.2 Å². The highest BCUT2D eigenvalue weighted by Crippen LogP contribution is 2.22. The molecule has 1 aromatic heterocycles. The summed E-state index contributed by atoms with van der Waals surface area (Å²) >= 11 is 0. The highest BCUT2D eigenvalue weighted by atomic mass is 19.3. The molecule has 0 spiro atoms. The van der Waals surface area contributed by atoms with Crippen LogP contribution in [0, 0.1) is 0 Å². The Morgan fingerprint density at radius 1 is 1.19 bits per heavy atom. The fraction of sp³-hybridized carbons (Fsp3) is 0.304. The molecule has 1 aliphatic rings. The van der Waals surface area contributed by atoms with Crippen molar-refractivity contribution in [2.75, 3.05) is 25.1 Å². The van der Waals surface area contributed by atoms with Crippen LogP contribution in [-0.4, -0.2) is 48.5 Å². The Morgan fingerprint density at radius 2 is 2.00 bits per heavy atom. The topological polar surface area (TPSA) is 92.7 Å². The molecule has 0 aliphatic carbocycles. The van der Waals surface area contributed by atoms with Gasteiger partial charge in [-0.15, -0.1) is 0 Å². The van der Waals surface area contributed by atoms with Gasteiger partial charge in [0.15, 0.2) is 0 Å². The number of carbonyl (C=O) groups is 1. The van der Waals surface area contributed by atoms with E-state index in [1.54, 1.807) is 18.3 Å². The van der Waals surface area contributed by atoms with E-state index in [4.69, 9.17) is 4.74 Å². The van der Waals surface area contributed by atoms with Crippen LogP contribution in [0.1, 0.15) is 28.4 Å². The first-order valence-electron chi connectivity index (χ1n) is 10.2. The van der Waals surface area contributed by atoms with E-state index in [1.807, 2.05) is 12.1 Å². The predicted octanol–water partition coefficient (Wildman–Crippen LogP) is 3.50. The van der Waals surface area contributed by atoms with Crippen LogP contribution in [0.15, 0.2) is 54.7 Å². The molecule has 0 radical (unpaired) electrons. The number of fused-ring (bicyclic) bond motifs is 1. The van der Waals surface area contributed by atoms with E-state index in [-0.39, 0.29) is 24.3 Å². The van der Waals surface area contributed by atoms with Gasteiger partial charge in [0.25, 0.3) is 5.91 Å². The van der Waals surface area contributed by atoms with Crippen molar-refractivity contribution in [2.24, 2.45) is 0 Å². The first-order valence-corrected chi connectivity index (χ1v) is 10.2. The zero-order chi connectivity index (χ0) is 22.5. The predicted molar refractivity (Wildman–Crippen MR) is 115 cm³/mol. The monoisotopic (exact) mass is 443 g/mol. The molecule has 4 rings (SSSR count). The molecule has 2 heterocycles. The average Bonchev–Trinajstić information content (AvgIpc) is 3.30. The molecule has 9 heteroatoms. The van der Waals surface area contributed by atoms with Gasteiger partial charge >= 0.3 is 6.61 Å². The van der Waals surface area contributed by atoms with Crippen molar-refractivity contribution in [3.63, 3.8) is 0 Å². The molecule has 1 unspecified atom stereocenters. The smallest absolute Gasteiger partial charge is 0.387 e. The molecule has 3 N–H and O–H groups in total. The van der Waals surface area contributed by atoms with Crippen LogP contribution in [0.3, 0.4) is 0 Å². The molecular weight excluding hydrogens is 420 g/mol. The van der Waals surface area contributed by atoms with Crippen LogP contribution in [0.2, 0.25) is 0 Å². The first-order chi connectivity index (χ1) is 15.5. The second kappa shape index (κ2) is 9.88.